The minimum Gasteiger partial charge on any atom is -0.489 e. The minimum atomic E-state index is -0.546. The summed E-state index contributed by atoms with van der Waals surface area (Å²) in [6, 6.07) is 7.29. The molecule has 0 amide bonds. The number of halogens is 1. The molecule has 0 aliphatic heterocycles. The summed E-state index contributed by atoms with van der Waals surface area (Å²) < 4.78 is 5.54. The normalized spacial score (nSPS) is 13.2. The largest absolute Gasteiger partial charge is 0.489 e. The summed E-state index contributed by atoms with van der Waals surface area (Å²) in [5.74, 6) is 0.612. The Bertz CT molecular complexity index is 386. The third kappa shape index (κ3) is 4.97. The number of ether oxygens (including phenoxy) is 1. The molecule has 0 fully saturated rings. The topological polar surface area (TPSA) is 41.5 Å². The molecule has 0 radical (unpaired) electrons. The molecule has 0 saturated heterocycles. The Morgan fingerprint density at radius 3 is 2.35 bits per heavy atom. The predicted molar refractivity (Wildman–Crippen MR) is 84.6 cm³/mol. The maximum Gasteiger partial charge on any atom is 0.138 e. The van der Waals surface area contributed by atoms with Gasteiger partial charge in [-0.3, -0.25) is 0 Å². The van der Waals surface area contributed by atoms with Gasteiger partial charge in [-0.1, -0.05) is 44.5 Å². The lowest BCUT2D eigenvalue weighted by molar-refractivity contribution is 0.0943. The van der Waals surface area contributed by atoms with Crippen molar-refractivity contribution in [3.8, 4) is 5.75 Å². The van der Waals surface area contributed by atoms with Crippen molar-refractivity contribution in [2.24, 2.45) is 0 Å². The lowest BCUT2D eigenvalue weighted by Crippen LogP contribution is -2.47. The molecule has 2 N–H and O–H groups in total. The molecule has 1 aromatic rings. The van der Waals surface area contributed by atoms with Gasteiger partial charge in [-0.2, -0.15) is 0 Å². The zero-order chi connectivity index (χ0) is 15.0. The molecule has 3 nitrogen and oxygen atoms in total. The first-order chi connectivity index (χ1) is 9.56. The highest BCUT2D eigenvalue weighted by atomic mass is 35.5. The summed E-state index contributed by atoms with van der Waals surface area (Å²) in [5.41, 5.74) is 0.116. The van der Waals surface area contributed by atoms with Crippen LogP contribution in [0.3, 0.4) is 0 Å². The molecule has 0 aromatic heterocycles. The van der Waals surface area contributed by atoms with Crippen molar-refractivity contribution >= 4 is 11.6 Å². The fourth-order valence-corrected chi connectivity index (χ4v) is 2.46. The van der Waals surface area contributed by atoms with Crippen LogP contribution in [-0.2, 0) is 0 Å². The van der Waals surface area contributed by atoms with Crippen LogP contribution in [0.1, 0.15) is 40.0 Å². The molecular weight excluding hydrogens is 274 g/mol. The van der Waals surface area contributed by atoms with E-state index in [0.29, 0.717) is 17.3 Å². The van der Waals surface area contributed by atoms with E-state index < -0.39 is 6.10 Å². The summed E-state index contributed by atoms with van der Waals surface area (Å²) in [7, 11) is 0. The summed E-state index contributed by atoms with van der Waals surface area (Å²) in [5, 5.41) is 14.1. The van der Waals surface area contributed by atoms with Gasteiger partial charge in [0.15, 0.2) is 0 Å². The van der Waals surface area contributed by atoms with Gasteiger partial charge in [0, 0.05) is 12.1 Å². The number of β-amino-alcohol motifs (C(OH)–C–C–N with tert-alkyl or cyclic N) is 1. The fraction of sp³-hybridized carbons (Fsp3) is 0.625. The minimum absolute atomic E-state index is 0.116. The Kier molecular flexibility index (Phi) is 7.35. The van der Waals surface area contributed by atoms with Gasteiger partial charge in [0.25, 0.3) is 0 Å². The number of para-hydroxylation sites is 1. The SMILES string of the molecule is CCC(CC)(CC)NCC(O)COc1ccccc1Cl. The zero-order valence-electron chi connectivity index (χ0n) is 12.7. The van der Waals surface area contributed by atoms with Crippen molar-refractivity contribution in [1.29, 1.82) is 0 Å². The summed E-state index contributed by atoms with van der Waals surface area (Å²) in [4.78, 5) is 0. The van der Waals surface area contributed by atoms with Crippen LogP contribution in [0.15, 0.2) is 24.3 Å². The highest BCUT2D eigenvalue weighted by molar-refractivity contribution is 6.32. The van der Waals surface area contributed by atoms with Crippen molar-refractivity contribution in [1.82, 2.24) is 5.32 Å². The van der Waals surface area contributed by atoms with Crippen LogP contribution in [0.2, 0.25) is 5.02 Å². The maximum absolute atomic E-state index is 10.0. The second-order valence-electron chi connectivity index (χ2n) is 5.12. The molecule has 4 heteroatoms. The molecular formula is C16H26ClNO2. The Balaban J connectivity index is 2.41. The molecule has 1 rings (SSSR count). The molecule has 1 atom stereocenters. The maximum atomic E-state index is 10.0. The predicted octanol–water partition coefficient (Wildman–Crippen LogP) is 3.64. The quantitative estimate of drug-likeness (QED) is 0.731. The number of hydrogen-bond donors (Lipinski definition) is 2. The van der Waals surface area contributed by atoms with E-state index in [0.717, 1.165) is 19.3 Å². The molecule has 0 saturated carbocycles. The van der Waals surface area contributed by atoms with Gasteiger partial charge in [0.1, 0.15) is 18.5 Å². The second kappa shape index (κ2) is 8.50. The molecule has 1 unspecified atom stereocenters. The molecule has 0 aliphatic carbocycles. The fourth-order valence-electron chi connectivity index (χ4n) is 2.27. The molecule has 0 spiro atoms. The van der Waals surface area contributed by atoms with E-state index >= 15 is 0 Å². The molecule has 20 heavy (non-hydrogen) atoms. The van der Waals surface area contributed by atoms with Crippen molar-refractivity contribution in [2.75, 3.05) is 13.2 Å². The second-order valence-corrected chi connectivity index (χ2v) is 5.52. The van der Waals surface area contributed by atoms with E-state index in [4.69, 9.17) is 16.3 Å². The highest BCUT2D eigenvalue weighted by Crippen LogP contribution is 2.23. The first-order valence-corrected chi connectivity index (χ1v) is 7.75. The van der Waals surface area contributed by atoms with Gasteiger partial charge < -0.3 is 15.2 Å². The monoisotopic (exact) mass is 299 g/mol. The Morgan fingerprint density at radius 1 is 1.20 bits per heavy atom. The van der Waals surface area contributed by atoms with E-state index in [9.17, 15) is 5.11 Å². The lowest BCUT2D eigenvalue weighted by atomic mass is 9.90. The number of rotatable bonds is 9. The van der Waals surface area contributed by atoms with Gasteiger partial charge in [0.05, 0.1) is 5.02 Å². The van der Waals surface area contributed by atoms with Crippen LogP contribution in [-0.4, -0.2) is 29.9 Å². The van der Waals surface area contributed by atoms with Gasteiger partial charge in [-0.05, 0) is 31.4 Å². The van der Waals surface area contributed by atoms with E-state index in [-0.39, 0.29) is 12.1 Å². The van der Waals surface area contributed by atoms with Crippen LogP contribution in [0.4, 0.5) is 0 Å². The van der Waals surface area contributed by atoms with Gasteiger partial charge >= 0.3 is 0 Å². The zero-order valence-corrected chi connectivity index (χ0v) is 13.4. The number of aliphatic hydroxyl groups excluding tert-OH is 1. The Morgan fingerprint density at radius 2 is 1.80 bits per heavy atom. The Labute approximate surface area is 127 Å². The highest BCUT2D eigenvalue weighted by Gasteiger charge is 2.23. The van der Waals surface area contributed by atoms with Gasteiger partial charge in [0.2, 0.25) is 0 Å². The summed E-state index contributed by atoms with van der Waals surface area (Å²) in [6.07, 6.45) is 2.61. The average molecular weight is 300 g/mol. The summed E-state index contributed by atoms with van der Waals surface area (Å²) >= 11 is 6.00. The Hall–Kier alpha value is -0.770. The van der Waals surface area contributed by atoms with Crippen LogP contribution < -0.4 is 10.1 Å². The van der Waals surface area contributed by atoms with E-state index in [1.54, 1.807) is 12.1 Å². The van der Waals surface area contributed by atoms with Crippen molar-refractivity contribution in [2.45, 2.75) is 51.7 Å². The molecule has 0 aliphatic rings. The van der Waals surface area contributed by atoms with Crippen LogP contribution >= 0.6 is 11.6 Å². The van der Waals surface area contributed by atoms with Crippen molar-refractivity contribution < 1.29 is 9.84 Å². The number of hydrogen-bond acceptors (Lipinski definition) is 3. The third-order valence-corrected chi connectivity index (χ3v) is 4.32. The smallest absolute Gasteiger partial charge is 0.138 e. The molecule has 1 aromatic carbocycles. The third-order valence-electron chi connectivity index (χ3n) is 4.01. The standard InChI is InChI=1S/C16H26ClNO2/c1-4-16(5-2,6-3)18-11-13(19)12-20-15-10-8-7-9-14(15)17/h7-10,13,18-19H,4-6,11-12H2,1-3H3. The number of aliphatic hydroxyl groups is 1. The van der Waals surface area contributed by atoms with Crippen LogP contribution in [0.5, 0.6) is 5.75 Å². The van der Waals surface area contributed by atoms with Crippen molar-refractivity contribution in [3.63, 3.8) is 0 Å². The van der Waals surface area contributed by atoms with E-state index in [2.05, 4.69) is 26.1 Å². The van der Waals surface area contributed by atoms with Crippen molar-refractivity contribution in [3.05, 3.63) is 29.3 Å². The molecule has 0 bridgehead atoms. The number of benzene rings is 1. The first-order valence-electron chi connectivity index (χ1n) is 7.37. The van der Waals surface area contributed by atoms with Gasteiger partial charge in [-0.25, -0.2) is 0 Å². The average Bonchev–Trinajstić information content (AvgIpc) is 2.48. The lowest BCUT2D eigenvalue weighted by Gasteiger charge is -2.33. The van der Waals surface area contributed by atoms with Gasteiger partial charge in [-0.15, -0.1) is 0 Å². The number of nitrogens with one attached hydrogen (secondary N) is 1. The van der Waals surface area contributed by atoms with E-state index in [1.807, 2.05) is 12.1 Å². The van der Waals surface area contributed by atoms with Crippen LogP contribution in [0, 0.1) is 0 Å². The molecule has 114 valence electrons. The van der Waals surface area contributed by atoms with E-state index in [1.165, 1.54) is 0 Å². The van der Waals surface area contributed by atoms with Crippen LogP contribution in [0.25, 0.3) is 0 Å². The summed E-state index contributed by atoms with van der Waals surface area (Å²) in [6.45, 7) is 7.29. The first kappa shape index (κ1) is 17.3. The molecule has 0 heterocycles.